The number of aryl methyl sites for hydroxylation is 3. The van der Waals surface area contributed by atoms with Gasteiger partial charge in [0.05, 0.1) is 5.84 Å². The number of amidine groups is 2. The molecule has 0 bridgehead atoms. The Bertz CT molecular complexity index is 3150. The minimum absolute atomic E-state index is 0.245. The Hall–Kier alpha value is -8.41. The van der Waals surface area contributed by atoms with Crippen LogP contribution in [0.15, 0.2) is 38.8 Å². The molecule has 29 heteroatoms. The van der Waals surface area contributed by atoms with Gasteiger partial charge in [-0.3, -0.25) is 24.4 Å². The number of nitrogens with one attached hydrogen (secondary N) is 5. The average molecular weight is 1420 g/mol. The summed E-state index contributed by atoms with van der Waals surface area (Å²) < 4.78 is 6.47. The third-order valence-electron chi connectivity index (χ3n) is 8.35. The first kappa shape index (κ1) is 103. The standard InChI is InChI=1S/C9H18N4O2.2C8H14N3O2P.C7H11N3O2.C6H2.C5H4.C4H6.C3H8N2.C3H5NO.C3H4.C2H7P.C2H2.CH3I/c1-4-7(12-8(14)10-5-2)13-9(15)11-6-3;2*1-4-6-9-7(12)10(5-2)8(13)11(6)14-3;1-3-5-8-6(11)10(4-2)7(12)9-5;1-3-5-6-4-2;1-3-5-4-2;1-3-4-2;1-2-3(4)5;1-2-4-3-5;2*1-3-2;2*1-2/h4-6H2,1-3H3,(H3,10,11,12,13,14,15);2*14H,4-5H2,1-3H3;3-4H2,1-2H3,(H,8,9,11,12);1-2H;1H,2H3;1-2H3;2H2,1H3,(H3,4,5);2H2,1H3;1H,2H3;3H,1-2H3;1-2H;1H3. The quantitative estimate of drug-likeness (QED) is 0.0220. The number of terminal acetylenes is 5. The zero-order valence-electron chi connectivity index (χ0n) is 56.3. The second-order valence-electron chi connectivity index (χ2n) is 14.4. The highest BCUT2D eigenvalue weighted by molar-refractivity contribution is 14.1. The molecule has 0 spiro atoms. The van der Waals surface area contributed by atoms with Gasteiger partial charge in [0.1, 0.15) is 23.3 Å². The number of H-pyrrole nitrogens is 1. The van der Waals surface area contributed by atoms with Gasteiger partial charge in [0.15, 0.2) is 0 Å². The summed E-state index contributed by atoms with van der Waals surface area (Å²) in [7, 11) is 1.71. The van der Waals surface area contributed by atoms with Gasteiger partial charge in [-0.2, -0.15) is 19.9 Å². The van der Waals surface area contributed by atoms with Crippen molar-refractivity contribution in [1.29, 1.82) is 5.41 Å². The summed E-state index contributed by atoms with van der Waals surface area (Å²) in [5.41, 5.74) is 2.65. The monoisotopic (exact) mass is 1420 g/mol. The van der Waals surface area contributed by atoms with E-state index in [1.54, 1.807) is 57.1 Å². The number of carbonyl (C=O) groups excluding carboxylic acids is 3. The summed E-state index contributed by atoms with van der Waals surface area (Å²) in [6, 6.07) is -0.784. The van der Waals surface area contributed by atoms with Gasteiger partial charge >= 0.3 is 46.2 Å². The van der Waals surface area contributed by atoms with E-state index in [9.17, 15) is 38.4 Å². The van der Waals surface area contributed by atoms with Crippen LogP contribution in [0.2, 0.25) is 0 Å². The fourth-order valence-electron chi connectivity index (χ4n) is 4.51. The lowest BCUT2D eigenvalue weighted by molar-refractivity contribution is 0.245. The van der Waals surface area contributed by atoms with Crippen molar-refractivity contribution < 1.29 is 14.4 Å². The molecule has 7 N–H and O–H groups in total. The van der Waals surface area contributed by atoms with E-state index in [0.717, 1.165) is 22.3 Å². The molecular weight excluding hydrogens is 1320 g/mol. The Morgan fingerprint density at radius 2 is 0.989 bits per heavy atom. The van der Waals surface area contributed by atoms with Gasteiger partial charge in [-0.05, 0) is 154 Å². The van der Waals surface area contributed by atoms with E-state index < -0.39 is 23.1 Å². The molecule has 3 aromatic rings. The number of urea groups is 2. The molecule has 0 aliphatic carbocycles. The first-order chi connectivity index (χ1) is 42.9. The number of rotatable bonds is 13. The number of aliphatic imine (C=N–C) groups is 2. The average Bonchev–Trinajstić information content (AvgIpc) is 2.95. The lowest BCUT2D eigenvalue weighted by Crippen LogP contribution is -2.40. The Morgan fingerprint density at radius 3 is 1.20 bits per heavy atom. The van der Waals surface area contributed by atoms with Crippen molar-refractivity contribution in [2.24, 2.45) is 15.7 Å². The van der Waals surface area contributed by atoms with Gasteiger partial charge < -0.3 is 16.4 Å². The van der Waals surface area contributed by atoms with Crippen LogP contribution in [0.25, 0.3) is 0 Å². The normalized spacial score (nSPS) is 8.32. The van der Waals surface area contributed by atoms with Crippen LogP contribution in [0.3, 0.4) is 0 Å². The van der Waals surface area contributed by atoms with Crippen LogP contribution < -0.4 is 55.8 Å². The number of halogens is 1. The molecule has 0 saturated heterocycles. The molecule has 498 valence electrons. The van der Waals surface area contributed by atoms with Crippen molar-refractivity contribution in [1.82, 2.24) is 58.3 Å². The van der Waals surface area contributed by atoms with Crippen LogP contribution in [0.4, 0.5) is 9.59 Å². The Morgan fingerprint density at radius 1 is 0.622 bits per heavy atom. The molecule has 3 aromatic heterocycles. The van der Waals surface area contributed by atoms with E-state index in [0.29, 0.717) is 112 Å². The number of nitrogens with two attached hydrogens (primary N) is 1. The molecule has 0 aromatic carbocycles. The maximum atomic E-state index is 11.7. The number of alkyl halides is 1. The second kappa shape index (κ2) is 80.6. The maximum absolute atomic E-state index is 11.7. The molecular formula is C61H98IN16O9P3. The smallest absolute Gasteiger partial charge is 0.353 e. The Kier molecular flexibility index (Phi) is 92.6. The number of hydrogen-bond donors (Lipinski definition) is 6. The summed E-state index contributed by atoms with van der Waals surface area (Å²) in [5, 5.41) is 14.1. The van der Waals surface area contributed by atoms with Gasteiger partial charge in [-0.1, -0.05) is 63.1 Å². The number of nitrogens with zero attached hydrogens (tertiary/aromatic N) is 10. The van der Waals surface area contributed by atoms with Crippen molar-refractivity contribution in [2.75, 3.05) is 51.2 Å². The van der Waals surface area contributed by atoms with Crippen LogP contribution in [0.5, 0.6) is 0 Å². The topological polar surface area (TPSA) is 343 Å². The lowest BCUT2D eigenvalue weighted by atomic mass is 10.4. The van der Waals surface area contributed by atoms with Crippen molar-refractivity contribution in [3.05, 3.63) is 80.4 Å². The summed E-state index contributed by atoms with van der Waals surface area (Å²) in [5.74, 6) is 25.5. The number of hydrogen-bond acceptors (Lipinski definition) is 14. The highest BCUT2D eigenvalue weighted by Gasteiger charge is 2.10. The van der Waals surface area contributed by atoms with Gasteiger partial charge in [-0.15, -0.1) is 64.9 Å². The van der Waals surface area contributed by atoms with Crippen LogP contribution in [-0.4, -0.2) is 123 Å². The van der Waals surface area contributed by atoms with Gasteiger partial charge in [0, 0.05) is 71.4 Å². The van der Waals surface area contributed by atoms with Crippen molar-refractivity contribution in [2.45, 2.75) is 156 Å². The zero-order chi connectivity index (χ0) is 72.4. The number of amides is 4. The largest absolute Gasteiger partial charge is 0.388 e. The lowest BCUT2D eigenvalue weighted by Gasteiger charge is -2.09. The fraction of sp³-hybridized carbons (Fsp3) is 0.508. The van der Waals surface area contributed by atoms with E-state index in [1.807, 2.05) is 73.7 Å². The van der Waals surface area contributed by atoms with Gasteiger partial charge in [0.25, 0.3) is 0 Å². The maximum Gasteiger partial charge on any atom is 0.353 e. The van der Waals surface area contributed by atoms with Crippen LogP contribution in [-0.2, 0) is 43.7 Å². The van der Waals surface area contributed by atoms with Crippen LogP contribution in [0, 0.1) is 103 Å². The molecule has 3 heterocycles. The number of aromatic nitrogens is 9. The first-order valence-corrected chi connectivity index (χ1v) is 34.5. The molecule has 0 aliphatic heterocycles. The SMILES string of the molecule is C#C.C#CC.C#CC#CC.C#CC#CC#C.CC#CC.CCC(=N)N.CCN=C=O.CCNC(=O)N=C(CC)NC(=O)NCC.CCc1nc(=O)n(CC)c(=O)[nH]1.CCc1nc(=O)n(CC)c(=O)n1PC.CCc1nc(=O)n(CC)c(=O)n1PC.CI.CPC. The minimum Gasteiger partial charge on any atom is -0.388 e. The molecule has 0 saturated carbocycles. The second-order valence-corrected chi connectivity index (χ2v) is 17.2. The minimum atomic E-state index is -0.474. The number of aromatic amines is 1. The van der Waals surface area contributed by atoms with Crippen LogP contribution in [0.1, 0.15) is 134 Å². The molecule has 0 radical (unpaired) electrons. The fourth-order valence-corrected chi connectivity index (χ4v) is 6.07. The number of isocyanates is 1. The highest BCUT2D eigenvalue weighted by Crippen LogP contribution is 2.07. The molecule has 2 unspecified atom stereocenters. The Labute approximate surface area is 554 Å². The van der Waals surface area contributed by atoms with E-state index >= 15 is 0 Å². The first-order valence-electron chi connectivity index (χ1n) is 27.5. The summed E-state index contributed by atoms with van der Waals surface area (Å²) in [6.07, 6.45) is 31.0. The van der Waals surface area contributed by atoms with Crippen molar-refractivity contribution in [3.63, 3.8) is 0 Å². The molecule has 4 amide bonds. The molecule has 0 aliphatic rings. The molecule has 2 atom stereocenters. The Balaban J connectivity index is -0.000000101. The van der Waals surface area contributed by atoms with Crippen molar-refractivity contribution >= 4 is 78.4 Å². The highest BCUT2D eigenvalue weighted by atomic mass is 127. The number of carbonyl (C=O) groups is 2. The summed E-state index contributed by atoms with van der Waals surface area (Å²) >= 11 is 2.15. The van der Waals surface area contributed by atoms with Crippen molar-refractivity contribution in [3.8, 4) is 97.7 Å². The van der Waals surface area contributed by atoms with E-state index in [1.165, 1.54) is 6.08 Å². The molecule has 3 rings (SSSR count). The summed E-state index contributed by atoms with van der Waals surface area (Å²) in [6.45, 7) is 37.7. The van der Waals surface area contributed by atoms with E-state index in [4.69, 9.17) is 35.2 Å². The predicted molar refractivity (Wildman–Crippen MR) is 390 cm³/mol. The third kappa shape index (κ3) is 61.2. The van der Waals surface area contributed by atoms with E-state index in [-0.39, 0.29) is 28.9 Å². The van der Waals surface area contributed by atoms with Gasteiger partial charge in [-0.25, -0.2) is 61.8 Å². The predicted octanol–water partition coefficient (Wildman–Crippen LogP) is 5.94. The van der Waals surface area contributed by atoms with Gasteiger partial charge in [0.2, 0.25) is 6.08 Å². The van der Waals surface area contributed by atoms with Crippen LogP contribution >= 0.6 is 48.6 Å². The zero-order valence-corrected chi connectivity index (χ0v) is 61.5. The molecule has 25 nitrogen and oxygen atoms in total. The van der Waals surface area contributed by atoms with E-state index in [2.05, 4.69) is 160 Å². The summed E-state index contributed by atoms with van der Waals surface area (Å²) in [4.78, 5) is 122. The third-order valence-corrected chi connectivity index (χ3v) is 10.1. The molecule has 90 heavy (non-hydrogen) atoms. The molecule has 0 fully saturated rings.